The van der Waals surface area contributed by atoms with Crippen LogP contribution in [0, 0.1) is 5.92 Å². The fourth-order valence-corrected chi connectivity index (χ4v) is 5.84. The van der Waals surface area contributed by atoms with E-state index in [1.807, 2.05) is 60.7 Å². The van der Waals surface area contributed by atoms with Gasteiger partial charge in [-0.05, 0) is 61.2 Å². The first-order valence-corrected chi connectivity index (χ1v) is 12.9. The lowest BCUT2D eigenvalue weighted by Crippen LogP contribution is -2.57. The Kier molecular flexibility index (Phi) is 6.22. The number of hydrogen-bond acceptors (Lipinski definition) is 5. The van der Waals surface area contributed by atoms with E-state index >= 15 is 0 Å². The van der Waals surface area contributed by atoms with E-state index in [0.717, 1.165) is 60.3 Å². The fourth-order valence-electron chi connectivity index (χ4n) is 5.84. The minimum Gasteiger partial charge on any atom is -0.460 e. The normalized spacial score (nSPS) is 21.0. The Morgan fingerprint density at radius 2 is 1.68 bits per heavy atom. The predicted octanol–water partition coefficient (Wildman–Crippen LogP) is 4.77. The van der Waals surface area contributed by atoms with Crippen LogP contribution in [0.2, 0.25) is 0 Å². The molecule has 1 N–H and O–H groups in total. The van der Waals surface area contributed by atoms with Crippen LogP contribution in [-0.4, -0.2) is 45.4 Å². The maximum atomic E-state index is 14.0. The smallest absolute Gasteiger partial charge is 0.325 e. The summed E-state index contributed by atoms with van der Waals surface area (Å²) in [7, 11) is 0. The molecule has 4 aromatic rings. The maximum Gasteiger partial charge on any atom is 0.325 e. The molecule has 4 heterocycles. The van der Waals surface area contributed by atoms with Crippen LogP contribution in [-0.2, 0) is 24.3 Å². The average molecular weight is 495 g/mol. The molecule has 0 bridgehead atoms. The number of aromatic nitrogens is 1. The number of furan rings is 1. The summed E-state index contributed by atoms with van der Waals surface area (Å²) in [4.78, 5) is 35.1. The molecule has 3 amide bonds. The molecule has 0 radical (unpaired) electrons. The zero-order valence-electron chi connectivity index (χ0n) is 20.7. The van der Waals surface area contributed by atoms with E-state index in [-0.39, 0.29) is 24.4 Å². The van der Waals surface area contributed by atoms with Crippen molar-refractivity contribution in [2.24, 2.45) is 5.92 Å². The van der Waals surface area contributed by atoms with Gasteiger partial charge < -0.3 is 9.73 Å². The van der Waals surface area contributed by atoms with Gasteiger partial charge in [0, 0.05) is 24.2 Å². The first-order valence-electron chi connectivity index (χ1n) is 12.9. The topological polar surface area (TPSA) is 78.7 Å². The molecule has 7 heteroatoms. The number of likely N-dealkylation sites (tertiary alicyclic amines) is 1. The standard InChI is InChI=1S/C30H30N4O3/c35-28-30(18-22-7-2-1-3-8-22,32-29(36)34(28)20-23-9-6-14-31-19-23)25-12-15-33(16-13-25)21-26-17-24-10-4-5-11-27(24)37-26/h1-11,14,17,19,25H,12-13,15-16,18,20-21H2,(H,32,36). The van der Waals surface area contributed by atoms with Crippen LogP contribution in [0.15, 0.2) is 89.6 Å². The number of piperidine rings is 1. The highest BCUT2D eigenvalue weighted by atomic mass is 16.3. The number of hydrogen-bond donors (Lipinski definition) is 1. The van der Waals surface area contributed by atoms with Crippen molar-refractivity contribution in [3.63, 3.8) is 0 Å². The van der Waals surface area contributed by atoms with E-state index in [1.165, 1.54) is 4.90 Å². The van der Waals surface area contributed by atoms with Crippen molar-refractivity contribution in [1.29, 1.82) is 0 Å². The number of amides is 3. The number of pyridine rings is 1. The monoisotopic (exact) mass is 494 g/mol. The molecule has 0 aliphatic carbocycles. The van der Waals surface area contributed by atoms with Crippen molar-refractivity contribution in [2.75, 3.05) is 13.1 Å². The Morgan fingerprint density at radius 1 is 0.919 bits per heavy atom. The van der Waals surface area contributed by atoms with Crippen molar-refractivity contribution in [3.8, 4) is 0 Å². The van der Waals surface area contributed by atoms with E-state index in [9.17, 15) is 9.59 Å². The average Bonchev–Trinajstić information content (AvgIpc) is 3.44. The molecule has 2 aromatic heterocycles. The zero-order valence-corrected chi connectivity index (χ0v) is 20.7. The Labute approximate surface area is 216 Å². The molecule has 1 atom stereocenters. The number of para-hydroxylation sites is 1. The summed E-state index contributed by atoms with van der Waals surface area (Å²) in [6, 6.07) is 23.5. The van der Waals surface area contributed by atoms with Crippen molar-refractivity contribution < 1.29 is 14.0 Å². The first kappa shape index (κ1) is 23.4. The number of imide groups is 1. The summed E-state index contributed by atoms with van der Waals surface area (Å²) in [5, 5.41) is 4.28. The molecule has 2 aliphatic heterocycles. The largest absolute Gasteiger partial charge is 0.460 e. The second kappa shape index (κ2) is 9.82. The minimum atomic E-state index is -0.952. The third-order valence-corrected chi connectivity index (χ3v) is 7.73. The Morgan fingerprint density at radius 3 is 2.43 bits per heavy atom. The molecule has 188 valence electrons. The van der Waals surface area contributed by atoms with E-state index in [4.69, 9.17) is 4.42 Å². The molecule has 2 aromatic carbocycles. The summed E-state index contributed by atoms with van der Waals surface area (Å²) in [5.74, 6) is 0.849. The van der Waals surface area contributed by atoms with Crippen molar-refractivity contribution in [1.82, 2.24) is 20.1 Å². The van der Waals surface area contributed by atoms with Crippen molar-refractivity contribution >= 4 is 22.9 Å². The van der Waals surface area contributed by atoms with Crippen LogP contribution >= 0.6 is 0 Å². The van der Waals surface area contributed by atoms with Gasteiger partial charge in [0.1, 0.15) is 16.9 Å². The molecule has 2 saturated heterocycles. The molecule has 2 fully saturated rings. The Hall–Kier alpha value is -3.97. The third kappa shape index (κ3) is 4.62. The van der Waals surface area contributed by atoms with Gasteiger partial charge in [0.2, 0.25) is 0 Å². The second-order valence-corrected chi connectivity index (χ2v) is 10.1. The molecular weight excluding hydrogens is 464 g/mol. The molecular formula is C30H30N4O3. The number of benzene rings is 2. The van der Waals surface area contributed by atoms with Crippen LogP contribution in [0.4, 0.5) is 4.79 Å². The fraction of sp³-hybridized carbons (Fsp3) is 0.300. The number of carbonyl (C=O) groups excluding carboxylic acids is 2. The van der Waals surface area contributed by atoms with Gasteiger partial charge in [-0.2, -0.15) is 0 Å². The second-order valence-electron chi connectivity index (χ2n) is 10.1. The van der Waals surface area contributed by atoms with E-state index in [2.05, 4.69) is 27.3 Å². The molecule has 0 saturated carbocycles. The lowest BCUT2D eigenvalue weighted by atomic mass is 9.74. The van der Waals surface area contributed by atoms with Gasteiger partial charge in [-0.25, -0.2) is 4.79 Å². The summed E-state index contributed by atoms with van der Waals surface area (Å²) >= 11 is 0. The molecule has 37 heavy (non-hydrogen) atoms. The van der Waals surface area contributed by atoms with Gasteiger partial charge >= 0.3 is 6.03 Å². The van der Waals surface area contributed by atoms with E-state index < -0.39 is 5.54 Å². The van der Waals surface area contributed by atoms with Crippen molar-refractivity contribution in [3.05, 3.63) is 102 Å². The third-order valence-electron chi connectivity index (χ3n) is 7.73. The molecule has 0 spiro atoms. The molecule has 1 unspecified atom stereocenters. The lowest BCUT2D eigenvalue weighted by molar-refractivity contribution is -0.134. The van der Waals surface area contributed by atoms with E-state index in [0.29, 0.717) is 6.42 Å². The number of fused-ring (bicyclic) bond motifs is 1. The summed E-state index contributed by atoms with van der Waals surface area (Å²) in [6.07, 6.45) is 5.51. The number of nitrogens with one attached hydrogen (secondary N) is 1. The zero-order chi connectivity index (χ0) is 25.2. The number of nitrogens with zero attached hydrogens (tertiary/aromatic N) is 3. The van der Waals surface area contributed by atoms with E-state index in [1.54, 1.807) is 12.4 Å². The van der Waals surface area contributed by atoms with Crippen LogP contribution in [0.5, 0.6) is 0 Å². The van der Waals surface area contributed by atoms with Gasteiger partial charge in [0.15, 0.2) is 0 Å². The lowest BCUT2D eigenvalue weighted by Gasteiger charge is -2.41. The number of rotatable bonds is 7. The molecule has 2 aliphatic rings. The van der Waals surface area contributed by atoms with Gasteiger partial charge in [-0.1, -0.05) is 54.6 Å². The van der Waals surface area contributed by atoms with Gasteiger partial charge in [-0.15, -0.1) is 0 Å². The highest BCUT2D eigenvalue weighted by Crippen LogP contribution is 2.37. The first-order chi connectivity index (χ1) is 18.1. The predicted molar refractivity (Wildman–Crippen MR) is 140 cm³/mol. The SMILES string of the molecule is O=C1NC(Cc2ccccc2)(C2CCN(Cc3cc4ccccc4o3)CC2)C(=O)N1Cc1cccnc1. The number of urea groups is 1. The van der Waals surface area contributed by atoms with Gasteiger partial charge in [-0.3, -0.25) is 19.6 Å². The van der Waals surface area contributed by atoms with Gasteiger partial charge in [0.05, 0.1) is 13.1 Å². The highest BCUT2D eigenvalue weighted by Gasteiger charge is 2.55. The van der Waals surface area contributed by atoms with Crippen LogP contribution in [0.3, 0.4) is 0 Å². The summed E-state index contributed by atoms with van der Waals surface area (Å²) < 4.78 is 6.03. The Balaban J connectivity index is 1.21. The summed E-state index contributed by atoms with van der Waals surface area (Å²) in [6.45, 7) is 2.63. The van der Waals surface area contributed by atoms with Crippen LogP contribution < -0.4 is 5.32 Å². The molecule has 6 rings (SSSR count). The maximum absolute atomic E-state index is 14.0. The number of carbonyl (C=O) groups is 2. The minimum absolute atomic E-state index is 0.0370. The highest BCUT2D eigenvalue weighted by molar-refractivity contribution is 6.07. The van der Waals surface area contributed by atoms with Crippen LogP contribution in [0.1, 0.15) is 29.7 Å². The molecule has 7 nitrogen and oxygen atoms in total. The van der Waals surface area contributed by atoms with Gasteiger partial charge in [0.25, 0.3) is 5.91 Å². The quantitative estimate of drug-likeness (QED) is 0.375. The summed E-state index contributed by atoms with van der Waals surface area (Å²) in [5.41, 5.74) is 1.83. The Bertz CT molecular complexity index is 1360. The van der Waals surface area contributed by atoms with Crippen LogP contribution in [0.25, 0.3) is 11.0 Å². The van der Waals surface area contributed by atoms with Crippen molar-refractivity contribution in [2.45, 2.75) is 37.9 Å².